The van der Waals surface area contributed by atoms with Gasteiger partial charge in [0.05, 0.1) is 0 Å². The van der Waals surface area contributed by atoms with Crippen molar-refractivity contribution in [2.24, 2.45) is 5.73 Å². The Bertz CT molecular complexity index is 283. The van der Waals surface area contributed by atoms with Gasteiger partial charge in [-0.05, 0) is 6.07 Å². The fraction of sp³-hybridized carbons (Fsp3) is 0.500. The zero-order valence-corrected chi connectivity index (χ0v) is 6.47. The quantitative estimate of drug-likeness (QED) is 0.641. The Hall–Kier alpha value is -1.08. The van der Waals surface area contributed by atoms with Crippen LogP contribution in [0.3, 0.4) is 0 Å². The molecular formula is C6H8F3N3O. The number of H-pyrrole nitrogens is 1. The Morgan fingerprint density at radius 2 is 2.23 bits per heavy atom. The highest BCUT2D eigenvalue weighted by molar-refractivity contribution is 5.11. The van der Waals surface area contributed by atoms with Crippen molar-refractivity contribution in [1.82, 2.24) is 10.2 Å². The Labute approximate surface area is 71.6 Å². The van der Waals surface area contributed by atoms with E-state index in [-0.39, 0.29) is 6.54 Å². The van der Waals surface area contributed by atoms with Gasteiger partial charge in [-0.25, -0.2) is 0 Å². The second-order valence-corrected chi connectivity index (χ2v) is 2.47. The summed E-state index contributed by atoms with van der Waals surface area (Å²) in [5.41, 5.74) is 5.02. The lowest BCUT2D eigenvalue weighted by Crippen LogP contribution is -2.20. The molecule has 0 spiro atoms. The third-order valence-corrected chi connectivity index (χ3v) is 1.46. The summed E-state index contributed by atoms with van der Waals surface area (Å²) in [5, 5.41) is 14.3. The first-order valence-electron chi connectivity index (χ1n) is 3.44. The van der Waals surface area contributed by atoms with Gasteiger partial charge in [0.15, 0.2) is 6.10 Å². The lowest BCUT2D eigenvalue weighted by Gasteiger charge is -2.10. The van der Waals surface area contributed by atoms with Crippen LogP contribution in [-0.4, -0.2) is 21.5 Å². The summed E-state index contributed by atoms with van der Waals surface area (Å²) < 4.78 is 35.7. The number of aliphatic hydroxyl groups excluding tert-OH is 1. The molecule has 0 bridgehead atoms. The van der Waals surface area contributed by atoms with E-state index in [9.17, 15) is 13.2 Å². The smallest absolute Gasteiger partial charge is 0.378 e. The molecule has 13 heavy (non-hydrogen) atoms. The average molecular weight is 195 g/mol. The topological polar surface area (TPSA) is 74.9 Å². The van der Waals surface area contributed by atoms with Crippen LogP contribution in [0.1, 0.15) is 17.5 Å². The van der Waals surface area contributed by atoms with Crippen molar-refractivity contribution >= 4 is 0 Å². The molecule has 0 aliphatic heterocycles. The molecule has 7 heteroatoms. The Balaban J connectivity index is 2.83. The molecule has 0 saturated carbocycles. The highest BCUT2D eigenvalue weighted by Crippen LogP contribution is 2.31. The number of nitrogens with two attached hydrogens (primary N) is 1. The van der Waals surface area contributed by atoms with Crippen LogP contribution < -0.4 is 5.73 Å². The largest absolute Gasteiger partial charge is 0.420 e. The first-order valence-corrected chi connectivity index (χ1v) is 3.44. The number of rotatable bonds is 2. The van der Waals surface area contributed by atoms with Gasteiger partial charge in [-0.3, -0.25) is 5.10 Å². The van der Waals surface area contributed by atoms with E-state index in [0.29, 0.717) is 5.69 Å². The number of aromatic amines is 1. The van der Waals surface area contributed by atoms with Gasteiger partial charge >= 0.3 is 6.18 Å². The van der Waals surface area contributed by atoms with E-state index >= 15 is 0 Å². The maximum Gasteiger partial charge on any atom is 0.420 e. The molecule has 4 N–H and O–H groups in total. The van der Waals surface area contributed by atoms with Crippen LogP contribution in [0.25, 0.3) is 0 Å². The summed E-state index contributed by atoms with van der Waals surface area (Å²) in [4.78, 5) is 0. The average Bonchev–Trinajstić information content (AvgIpc) is 2.48. The molecule has 1 aromatic heterocycles. The van der Waals surface area contributed by atoms with Crippen molar-refractivity contribution in [3.8, 4) is 0 Å². The summed E-state index contributed by atoms with van der Waals surface area (Å²) in [6.45, 7) is 0.0532. The van der Waals surface area contributed by atoms with Crippen LogP contribution in [0.2, 0.25) is 0 Å². The van der Waals surface area contributed by atoms with E-state index < -0.39 is 18.0 Å². The van der Waals surface area contributed by atoms with Crippen molar-refractivity contribution in [1.29, 1.82) is 0 Å². The van der Waals surface area contributed by atoms with Gasteiger partial charge < -0.3 is 10.8 Å². The lowest BCUT2D eigenvalue weighted by atomic mass is 10.2. The molecule has 1 rings (SSSR count). The third kappa shape index (κ3) is 2.19. The van der Waals surface area contributed by atoms with Gasteiger partial charge in [0.1, 0.15) is 5.69 Å². The van der Waals surface area contributed by atoms with Gasteiger partial charge in [0.25, 0.3) is 0 Å². The normalized spacial score (nSPS) is 14.5. The van der Waals surface area contributed by atoms with E-state index in [1.807, 2.05) is 0 Å². The minimum Gasteiger partial charge on any atom is -0.378 e. The van der Waals surface area contributed by atoms with E-state index in [1.165, 1.54) is 0 Å². The first kappa shape index (κ1) is 10.0. The standard InChI is InChI=1S/C6H8F3N3O/c7-6(8,9)5(13)4-1-3(2-10)11-12-4/h1,5,13H,2,10H2,(H,11,12). The van der Waals surface area contributed by atoms with Crippen molar-refractivity contribution in [3.05, 3.63) is 17.5 Å². The summed E-state index contributed by atoms with van der Waals surface area (Å²) in [6, 6.07) is 1.08. The molecule has 1 unspecified atom stereocenters. The van der Waals surface area contributed by atoms with Crippen molar-refractivity contribution < 1.29 is 18.3 Å². The molecule has 74 valence electrons. The van der Waals surface area contributed by atoms with Crippen LogP contribution in [0, 0.1) is 0 Å². The van der Waals surface area contributed by atoms with Crippen LogP contribution in [0.4, 0.5) is 13.2 Å². The van der Waals surface area contributed by atoms with E-state index in [4.69, 9.17) is 10.8 Å². The summed E-state index contributed by atoms with van der Waals surface area (Å²) >= 11 is 0. The molecule has 0 saturated heterocycles. The third-order valence-electron chi connectivity index (χ3n) is 1.46. The second-order valence-electron chi connectivity index (χ2n) is 2.47. The molecule has 0 amide bonds. The second kappa shape index (κ2) is 3.35. The predicted molar refractivity (Wildman–Crippen MR) is 37.5 cm³/mol. The van der Waals surface area contributed by atoms with Crippen molar-refractivity contribution in [3.63, 3.8) is 0 Å². The Morgan fingerprint density at radius 3 is 2.62 bits per heavy atom. The number of alkyl halides is 3. The van der Waals surface area contributed by atoms with Crippen LogP contribution >= 0.6 is 0 Å². The van der Waals surface area contributed by atoms with Crippen molar-refractivity contribution in [2.45, 2.75) is 18.8 Å². The van der Waals surface area contributed by atoms with Crippen LogP contribution in [-0.2, 0) is 6.54 Å². The zero-order valence-electron chi connectivity index (χ0n) is 6.47. The number of aromatic nitrogens is 2. The molecule has 0 aliphatic rings. The fourth-order valence-corrected chi connectivity index (χ4v) is 0.792. The molecule has 1 atom stereocenters. The molecule has 1 heterocycles. The van der Waals surface area contributed by atoms with Crippen molar-refractivity contribution in [2.75, 3.05) is 0 Å². The lowest BCUT2D eigenvalue weighted by molar-refractivity contribution is -0.207. The maximum atomic E-state index is 11.9. The molecular weight excluding hydrogens is 187 g/mol. The van der Waals surface area contributed by atoms with Gasteiger partial charge in [-0.1, -0.05) is 0 Å². The maximum absolute atomic E-state index is 11.9. The minimum absolute atomic E-state index is 0.0532. The highest BCUT2D eigenvalue weighted by Gasteiger charge is 2.40. The summed E-state index contributed by atoms with van der Waals surface area (Å²) in [6.07, 6.45) is -7.25. The first-order chi connectivity index (χ1) is 5.95. The van der Waals surface area contributed by atoms with E-state index in [2.05, 4.69) is 10.2 Å². The predicted octanol–water partition coefficient (Wildman–Crippen LogP) is 0.464. The SMILES string of the molecule is NCc1cc(C(O)C(F)(F)F)n[nH]1. The fourth-order valence-electron chi connectivity index (χ4n) is 0.792. The van der Waals surface area contributed by atoms with Gasteiger partial charge in [-0.15, -0.1) is 0 Å². The van der Waals surface area contributed by atoms with Crippen LogP contribution in [0.5, 0.6) is 0 Å². The number of hydrogen-bond acceptors (Lipinski definition) is 3. The summed E-state index contributed by atoms with van der Waals surface area (Å²) in [5.74, 6) is 0. The molecule has 0 aliphatic carbocycles. The monoisotopic (exact) mass is 195 g/mol. The molecule has 0 radical (unpaired) electrons. The van der Waals surface area contributed by atoms with Gasteiger partial charge in [-0.2, -0.15) is 18.3 Å². The Morgan fingerprint density at radius 1 is 1.62 bits per heavy atom. The highest BCUT2D eigenvalue weighted by atomic mass is 19.4. The number of hydrogen-bond donors (Lipinski definition) is 3. The zero-order chi connectivity index (χ0) is 10.1. The minimum atomic E-state index is -4.69. The number of halogens is 3. The number of aliphatic hydroxyl groups is 1. The Kier molecular flexibility index (Phi) is 2.58. The summed E-state index contributed by atoms with van der Waals surface area (Å²) in [7, 11) is 0. The van der Waals surface area contributed by atoms with Crippen LogP contribution in [0.15, 0.2) is 6.07 Å². The molecule has 1 aromatic rings. The molecule has 0 aromatic carbocycles. The van der Waals surface area contributed by atoms with E-state index in [0.717, 1.165) is 6.07 Å². The molecule has 4 nitrogen and oxygen atoms in total. The number of nitrogens with one attached hydrogen (secondary N) is 1. The molecule has 0 fully saturated rings. The number of nitrogens with zero attached hydrogens (tertiary/aromatic N) is 1. The van der Waals surface area contributed by atoms with E-state index in [1.54, 1.807) is 0 Å². The van der Waals surface area contributed by atoms with Gasteiger partial charge in [0.2, 0.25) is 0 Å². The van der Waals surface area contributed by atoms with Gasteiger partial charge in [0, 0.05) is 12.2 Å².